The lowest BCUT2D eigenvalue weighted by Crippen LogP contribution is -2.38. The number of hydrogen-bond donors (Lipinski definition) is 0. The Kier molecular flexibility index (Phi) is 5.55. The molecule has 1 aromatic heterocycles. The largest absolute Gasteiger partial charge is 0.489 e. The van der Waals surface area contributed by atoms with E-state index in [1.807, 2.05) is 24.6 Å². The first-order valence-corrected chi connectivity index (χ1v) is 11.0. The van der Waals surface area contributed by atoms with Crippen molar-refractivity contribution in [3.8, 4) is 5.75 Å². The molecule has 1 fully saturated rings. The van der Waals surface area contributed by atoms with Gasteiger partial charge in [-0.1, -0.05) is 15.9 Å². The van der Waals surface area contributed by atoms with Crippen molar-refractivity contribution in [2.75, 3.05) is 24.2 Å². The van der Waals surface area contributed by atoms with Crippen LogP contribution in [0.15, 0.2) is 58.0 Å². The van der Waals surface area contributed by atoms with Crippen LogP contribution in [-0.4, -0.2) is 30.4 Å². The second-order valence-corrected chi connectivity index (χ2v) is 8.35. The van der Waals surface area contributed by atoms with Crippen LogP contribution in [0.25, 0.3) is 10.9 Å². The minimum absolute atomic E-state index is 0.150. The molecule has 6 heteroatoms. The quantitative estimate of drug-likeness (QED) is 0.465. The van der Waals surface area contributed by atoms with Crippen molar-refractivity contribution in [1.82, 2.24) is 4.98 Å². The van der Waals surface area contributed by atoms with E-state index in [2.05, 4.69) is 37.9 Å². The number of aromatic nitrogens is 1. The summed E-state index contributed by atoms with van der Waals surface area (Å²) in [5.74, 6) is 0.554. The van der Waals surface area contributed by atoms with E-state index in [0.717, 1.165) is 52.0 Å². The minimum Gasteiger partial charge on any atom is -0.489 e. The molecule has 4 rings (SSSR count). The van der Waals surface area contributed by atoms with Gasteiger partial charge in [-0.05, 0) is 48.7 Å². The molecule has 0 saturated carbocycles. The summed E-state index contributed by atoms with van der Waals surface area (Å²) in [6, 6.07) is 13.0. The average Bonchev–Trinajstić information content (AvgIpc) is 2.69. The number of benzene rings is 2. The van der Waals surface area contributed by atoms with Crippen LogP contribution in [0, 0.1) is 5.82 Å². The summed E-state index contributed by atoms with van der Waals surface area (Å²) in [4.78, 5) is 7.72. The number of fused-ring (bicyclic) bond motifs is 1. The highest BCUT2D eigenvalue weighted by molar-refractivity contribution is 9.10. The number of anilines is 1. The molecular formula is C21H20BrFN2OS. The summed E-state index contributed by atoms with van der Waals surface area (Å²) < 4.78 is 20.7. The Morgan fingerprint density at radius 2 is 1.96 bits per heavy atom. The Morgan fingerprint density at radius 3 is 2.74 bits per heavy atom. The lowest BCUT2D eigenvalue weighted by Gasteiger charge is -2.34. The topological polar surface area (TPSA) is 25.4 Å². The first kappa shape index (κ1) is 18.6. The predicted octanol–water partition coefficient (Wildman–Crippen LogP) is 5.91. The molecular weight excluding hydrogens is 427 g/mol. The molecule has 0 unspecified atom stereocenters. The van der Waals surface area contributed by atoms with Gasteiger partial charge in [-0.15, -0.1) is 11.8 Å². The van der Waals surface area contributed by atoms with E-state index in [4.69, 9.17) is 4.74 Å². The molecule has 1 aliphatic heterocycles. The van der Waals surface area contributed by atoms with Gasteiger partial charge in [-0.3, -0.25) is 4.98 Å². The van der Waals surface area contributed by atoms with Crippen LogP contribution in [0.5, 0.6) is 5.75 Å². The number of nitrogens with zero attached hydrogens (tertiary/aromatic N) is 2. The average molecular weight is 447 g/mol. The molecule has 1 aliphatic rings. The molecule has 0 N–H and O–H groups in total. The van der Waals surface area contributed by atoms with Gasteiger partial charge in [-0.25, -0.2) is 4.39 Å². The molecule has 0 radical (unpaired) electrons. The second kappa shape index (κ2) is 8.07. The third-order valence-corrected chi connectivity index (χ3v) is 6.13. The Morgan fingerprint density at radius 1 is 1.15 bits per heavy atom. The zero-order valence-corrected chi connectivity index (χ0v) is 17.4. The first-order valence-electron chi connectivity index (χ1n) is 8.93. The van der Waals surface area contributed by atoms with E-state index in [1.165, 1.54) is 29.6 Å². The molecule has 2 aromatic carbocycles. The summed E-state index contributed by atoms with van der Waals surface area (Å²) in [6.07, 6.45) is 5.83. The van der Waals surface area contributed by atoms with Gasteiger partial charge in [0.05, 0.1) is 10.4 Å². The fourth-order valence-corrected chi connectivity index (χ4v) is 4.42. The van der Waals surface area contributed by atoms with Crippen LogP contribution < -0.4 is 9.64 Å². The highest BCUT2D eigenvalue weighted by atomic mass is 79.9. The molecule has 3 nitrogen and oxygen atoms in total. The van der Waals surface area contributed by atoms with E-state index < -0.39 is 0 Å². The maximum Gasteiger partial charge on any atom is 0.133 e. The van der Waals surface area contributed by atoms with E-state index in [0.29, 0.717) is 0 Å². The van der Waals surface area contributed by atoms with Crippen molar-refractivity contribution in [3.63, 3.8) is 0 Å². The monoisotopic (exact) mass is 446 g/mol. The molecule has 2 heterocycles. The summed E-state index contributed by atoms with van der Waals surface area (Å²) in [5.41, 5.74) is 2.22. The standard InChI is InChI=1S/C21H20BrFN2OS/c1-27-21-13-15(23)3-5-20(21)26-16-7-10-25(11-8-16)19-6-9-24-18-4-2-14(22)12-17(18)19/h2-6,9,12-13,16H,7-8,10-11H2,1H3. The number of hydrogen-bond acceptors (Lipinski definition) is 4. The van der Waals surface area contributed by atoms with Crippen LogP contribution in [0.2, 0.25) is 0 Å². The predicted molar refractivity (Wildman–Crippen MR) is 113 cm³/mol. The molecule has 1 saturated heterocycles. The molecule has 0 spiro atoms. The van der Waals surface area contributed by atoms with E-state index in [1.54, 1.807) is 6.07 Å². The number of rotatable bonds is 4. The maximum absolute atomic E-state index is 13.4. The van der Waals surface area contributed by atoms with Crippen molar-refractivity contribution in [3.05, 3.63) is 59.0 Å². The lowest BCUT2D eigenvalue weighted by atomic mass is 10.1. The fourth-order valence-electron chi connectivity index (χ4n) is 3.51. The van der Waals surface area contributed by atoms with Crippen LogP contribution in [0.1, 0.15) is 12.8 Å². The maximum atomic E-state index is 13.4. The third kappa shape index (κ3) is 4.06. The molecule has 0 bridgehead atoms. The Bertz CT molecular complexity index is 960. The Balaban J connectivity index is 1.48. The third-order valence-electron chi connectivity index (χ3n) is 4.88. The zero-order chi connectivity index (χ0) is 18.8. The van der Waals surface area contributed by atoms with Gasteiger partial charge in [-0.2, -0.15) is 0 Å². The molecule has 0 amide bonds. The van der Waals surface area contributed by atoms with Gasteiger partial charge in [0.15, 0.2) is 0 Å². The van der Waals surface area contributed by atoms with Gasteiger partial charge in [0.25, 0.3) is 0 Å². The number of pyridine rings is 1. The van der Waals surface area contributed by atoms with Crippen LogP contribution in [0.3, 0.4) is 0 Å². The van der Waals surface area contributed by atoms with E-state index in [-0.39, 0.29) is 11.9 Å². The highest BCUT2D eigenvalue weighted by Gasteiger charge is 2.23. The Labute approximate surface area is 171 Å². The van der Waals surface area contributed by atoms with Gasteiger partial charge in [0, 0.05) is 47.7 Å². The molecule has 0 aliphatic carbocycles. The SMILES string of the molecule is CSc1cc(F)ccc1OC1CCN(c2ccnc3ccc(Br)cc23)CC1. The molecule has 3 aromatic rings. The van der Waals surface area contributed by atoms with Crippen molar-refractivity contribution >= 4 is 44.3 Å². The van der Waals surface area contributed by atoms with Crippen molar-refractivity contribution in [2.24, 2.45) is 0 Å². The molecule has 140 valence electrons. The summed E-state index contributed by atoms with van der Waals surface area (Å²) in [7, 11) is 0. The number of thioether (sulfide) groups is 1. The summed E-state index contributed by atoms with van der Waals surface area (Å²) in [6.45, 7) is 1.85. The van der Waals surface area contributed by atoms with Crippen molar-refractivity contribution in [2.45, 2.75) is 23.8 Å². The minimum atomic E-state index is -0.225. The highest BCUT2D eigenvalue weighted by Crippen LogP contribution is 2.33. The number of ether oxygens (including phenoxy) is 1. The second-order valence-electron chi connectivity index (χ2n) is 6.59. The summed E-state index contributed by atoms with van der Waals surface area (Å²) in [5, 5.41) is 1.16. The normalized spacial score (nSPS) is 15.3. The van der Waals surface area contributed by atoms with Gasteiger partial charge < -0.3 is 9.64 Å². The Hall–Kier alpha value is -1.79. The van der Waals surface area contributed by atoms with Crippen molar-refractivity contribution in [1.29, 1.82) is 0 Å². The lowest BCUT2D eigenvalue weighted by molar-refractivity contribution is 0.166. The van der Waals surface area contributed by atoms with Gasteiger partial charge in [0.1, 0.15) is 17.7 Å². The van der Waals surface area contributed by atoms with Crippen LogP contribution in [0.4, 0.5) is 10.1 Å². The van der Waals surface area contributed by atoms with Crippen LogP contribution in [-0.2, 0) is 0 Å². The first-order chi connectivity index (χ1) is 13.1. The van der Waals surface area contributed by atoms with Crippen LogP contribution >= 0.6 is 27.7 Å². The fraction of sp³-hybridized carbons (Fsp3) is 0.286. The molecule has 0 atom stereocenters. The van der Waals surface area contributed by atoms with Gasteiger partial charge in [0.2, 0.25) is 0 Å². The number of halogens is 2. The van der Waals surface area contributed by atoms with E-state index in [9.17, 15) is 4.39 Å². The molecule has 27 heavy (non-hydrogen) atoms. The van der Waals surface area contributed by atoms with Crippen molar-refractivity contribution < 1.29 is 9.13 Å². The smallest absolute Gasteiger partial charge is 0.133 e. The van der Waals surface area contributed by atoms with Gasteiger partial charge >= 0.3 is 0 Å². The summed E-state index contributed by atoms with van der Waals surface area (Å²) >= 11 is 5.07. The zero-order valence-electron chi connectivity index (χ0n) is 15.0. The number of piperidine rings is 1. The van der Waals surface area contributed by atoms with E-state index >= 15 is 0 Å².